The van der Waals surface area contributed by atoms with Gasteiger partial charge in [-0.25, -0.2) is 9.97 Å². The van der Waals surface area contributed by atoms with Crippen molar-refractivity contribution in [1.82, 2.24) is 9.97 Å². The summed E-state index contributed by atoms with van der Waals surface area (Å²) in [5.41, 5.74) is 8.55. The van der Waals surface area contributed by atoms with Crippen LogP contribution in [0.3, 0.4) is 0 Å². The number of anilines is 3. The van der Waals surface area contributed by atoms with Crippen LogP contribution in [0.15, 0.2) is 24.4 Å². The summed E-state index contributed by atoms with van der Waals surface area (Å²) in [6.07, 6.45) is 1.45. The lowest BCUT2D eigenvalue weighted by Gasteiger charge is -2.12. The molecule has 0 saturated heterocycles. The third-order valence-electron chi connectivity index (χ3n) is 2.60. The summed E-state index contributed by atoms with van der Waals surface area (Å²) < 4.78 is 0. The van der Waals surface area contributed by atoms with Crippen molar-refractivity contribution in [3.05, 3.63) is 41.3 Å². The molecule has 2 rings (SSSR count). The first-order chi connectivity index (χ1) is 8.97. The molecular formula is C13H14N4OS. The number of carbonyl (C=O) groups excluding carboxylic acids is 1. The molecule has 0 bridgehead atoms. The van der Waals surface area contributed by atoms with Gasteiger partial charge >= 0.3 is 0 Å². The minimum absolute atomic E-state index is 0.315. The van der Waals surface area contributed by atoms with E-state index in [4.69, 9.17) is 5.73 Å². The highest BCUT2D eigenvalue weighted by Crippen LogP contribution is 2.25. The predicted molar refractivity (Wildman–Crippen MR) is 79.0 cm³/mol. The van der Waals surface area contributed by atoms with Gasteiger partial charge in [-0.1, -0.05) is 6.07 Å². The van der Waals surface area contributed by atoms with Crippen LogP contribution in [0.5, 0.6) is 0 Å². The minimum atomic E-state index is -0.395. The topological polar surface area (TPSA) is 80.9 Å². The van der Waals surface area contributed by atoms with E-state index < -0.39 is 5.12 Å². The zero-order valence-electron chi connectivity index (χ0n) is 10.6. The van der Waals surface area contributed by atoms with Crippen LogP contribution < -0.4 is 11.1 Å². The third kappa shape index (κ3) is 3.03. The van der Waals surface area contributed by atoms with Gasteiger partial charge in [0.25, 0.3) is 0 Å². The van der Waals surface area contributed by atoms with Crippen molar-refractivity contribution in [3.63, 3.8) is 0 Å². The number of thiol groups is 1. The highest BCUT2D eigenvalue weighted by Gasteiger charge is 2.12. The SMILES string of the molecule is Cc1ccc(N)c(Nc2nc(C)ncc2C(=O)S)c1. The normalized spacial score (nSPS) is 10.3. The molecule has 0 atom stereocenters. The summed E-state index contributed by atoms with van der Waals surface area (Å²) in [6, 6.07) is 5.60. The molecule has 0 radical (unpaired) electrons. The molecule has 0 aliphatic carbocycles. The maximum atomic E-state index is 11.4. The number of rotatable bonds is 3. The van der Waals surface area contributed by atoms with Gasteiger partial charge in [0.2, 0.25) is 5.12 Å². The molecule has 3 N–H and O–H groups in total. The Labute approximate surface area is 116 Å². The quantitative estimate of drug-likeness (QED) is 0.592. The lowest BCUT2D eigenvalue weighted by Crippen LogP contribution is -2.06. The molecule has 0 fully saturated rings. The number of nitrogens with one attached hydrogen (secondary N) is 1. The highest BCUT2D eigenvalue weighted by molar-refractivity contribution is 7.97. The molecule has 0 unspecified atom stereocenters. The molecule has 0 aliphatic rings. The lowest BCUT2D eigenvalue weighted by atomic mass is 10.2. The van der Waals surface area contributed by atoms with Gasteiger partial charge in [0, 0.05) is 6.20 Å². The Bertz CT molecular complexity index is 643. The average molecular weight is 274 g/mol. The van der Waals surface area contributed by atoms with Crippen molar-refractivity contribution in [2.75, 3.05) is 11.1 Å². The molecular weight excluding hydrogens is 260 g/mol. The van der Waals surface area contributed by atoms with E-state index in [1.165, 1.54) is 6.20 Å². The van der Waals surface area contributed by atoms with E-state index in [0.717, 1.165) is 5.56 Å². The van der Waals surface area contributed by atoms with Gasteiger partial charge < -0.3 is 11.1 Å². The minimum Gasteiger partial charge on any atom is -0.397 e. The molecule has 0 spiro atoms. The third-order valence-corrected chi connectivity index (χ3v) is 2.84. The van der Waals surface area contributed by atoms with Gasteiger partial charge in [-0.2, -0.15) is 0 Å². The van der Waals surface area contributed by atoms with Crippen LogP contribution in [0.4, 0.5) is 17.2 Å². The number of nitrogen functional groups attached to an aromatic ring is 1. The van der Waals surface area contributed by atoms with E-state index >= 15 is 0 Å². The number of hydrogen-bond donors (Lipinski definition) is 3. The molecule has 0 amide bonds. The molecule has 1 aromatic carbocycles. The summed E-state index contributed by atoms with van der Waals surface area (Å²) in [5, 5.41) is 2.66. The van der Waals surface area contributed by atoms with Crippen LogP contribution >= 0.6 is 12.6 Å². The van der Waals surface area contributed by atoms with Gasteiger partial charge in [0.15, 0.2) is 0 Å². The van der Waals surface area contributed by atoms with Crippen LogP contribution in [0.1, 0.15) is 21.7 Å². The van der Waals surface area contributed by atoms with Crippen molar-refractivity contribution >= 4 is 34.9 Å². The molecule has 98 valence electrons. The van der Waals surface area contributed by atoms with E-state index in [0.29, 0.717) is 28.6 Å². The van der Waals surface area contributed by atoms with E-state index in [1.54, 1.807) is 13.0 Å². The number of nitrogens with two attached hydrogens (primary N) is 1. The first kappa shape index (κ1) is 13.4. The zero-order valence-corrected chi connectivity index (χ0v) is 11.5. The summed E-state index contributed by atoms with van der Waals surface area (Å²) in [6.45, 7) is 3.71. The second-order valence-corrected chi connectivity index (χ2v) is 4.61. The number of aromatic nitrogens is 2. The van der Waals surface area contributed by atoms with Crippen molar-refractivity contribution in [1.29, 1.82) is 0 Å². The zero-order chi connectivity index (χ0) is 14.0. The van der Waals surface area contributed by atoms with Crippen molar-refractivity contribution in [2.45, 2.75) is 13.8 Å². The lowest BCUT2D eigenvalue weighted by molar-refractivity contribution is 0.109. The van der Waals surface area contributed by atoms with Crippen molar-refractivity contribution < 1.29 is 4.79 Å². The highest BCUT2D eigenvalue weighted by atomic mass is 32.1. The summed E-state index contributed by atoms with van der Waals surface area (Å²) in [7, 11) is 0. The van der Waals surface area contributed by atoms with E-state index in [1.807, 2.05) is 19.1 Å². The second kappa shape index (κ2) is 5.27. The van der Waals surface area contributed by atoms with E-state index in [2.05, 4.69) is 27.9 Å². The molecule has 6 heteroatoms. The number of benzene rings is 1. The fraction of sp³-hybridized carbons (Fsp3) is 0.154. The average Bonchev–Trinajstić information content (AvgIpc) is 2.33. The fourth-order valence-corrected chi connectivity index (χ4v) is 1.79. The van der Waals surface area contributed by atoms with Crippen LogP contribution in [-0.2, 0) is 0 Å². The van der Waals surface area contributed by atoms with Gasteiger partial charge in [0.05, 0.1) is 16.9 Å². The first-order valence-corrected chi connectivity index (χ1v) is 6.12. The molecule has 5 nitrogen and oxygen atoms in total. The molecule has 1 heterocycles. The first-order valence-electron chi connectivity index (χ1n) is 5.67. The number of carbonyl (C=O) groups is 1. The van der Waals surface area contributed by atoms with Gasteiger partial charge in [0.1, 0.15) is 11.6 Å². The summed E-state index contributed by atoms with van der Waals surface area (Å²) in [4.78, 5) is 19.6. The summed E-state index contributed by atoms with van der Waals surface area (Å²) >= 11 is 3.81. The van der Waals surface area contributed by atoms with Gasteiger partial charge in [-0.3, -0.25) is 4.79 Å². The Morgan fingerprint density at radius 2 is 2.11 bits per heavy atom. The van der Waals surface area contributed by atoms with Crippen LogP contribution in [-0.4, -0.2) is 15.1 Å². The Morgan fingerprint density at radius 1 is 1.37 bits per heavy atom. The second-order valence-electron chi connectivity index (χ2n) is 4.20. The maximum Gasteiger partial charge on any atom is 0.221 e. The Balaban J connectivity index is 2.45. The van der Waals surface area contributed by atoms with E-state index in [-0.39, 0.29) is 0 Å². The Hall–Kier alpha value is -2.08. The number of hydrogen-bond acceptors (Lipinski definition) is 5. The smallest absolute Gasteiger partial charge is 0.221 e. The fourth-order valence-electron chi connectivity index (χ4n) is 1.63. The molecule has 19 heavy (non-hydrogen) atoms. The van der Waals surface area contributed by atoms with Crippen molar-refractivity contribution in [3.8, 4) is 0 Å². The van der Waals surface area contributed by atoms with Crippen LogP contribution in [0.2, 0.25) is 0 Å². The van der Waals surface area contributed by atoms with Crippen molar-refractivity contribution in [2.24, 2.45) is 0 Å². The monoisotopic (exact) mass is 274 g/mol. The van der Waals surface area contributed by atoms with Gasteiger partial charge in [-0.05, 0) is 31.5 Å². The molecule has 2 aromatic rings. The number of aryl methyl sites for hydroxylation is 2. The Morgan fingerprint density at radius 3 is 2.79 bits per heavy atom. The summed E-state index contributed by atoms with van der Waals surface area (Å²) in [5.74, 6) is 0.969. The van der Waals surface area contributed by atoms with E-state index in [9.17, 15) is 4.79 Å². The van der Waals surface area contributed by atoms with Crippen LogP contribution in [0.25, 0.3) is 0 Å². The van der Waals surface area contributed by atoms with Crippen LogP contribution in [0, 0.1) is 13.8 Å². The standard InChI is InChI=1S/C13H14N4OS/c1-7-3-4-10(14)11(5-7)17-12-9(13(18)19)6-15-8(2)16-12/h3-6H,14H2,1-2H3,(H,18,19)(H,15,16,17). The molecule has 0 saturated carbocycles. The largest absolute Gasteiger partial charge is 0.397 e. The number of nitrogens with zero attached hydrogens (tertiary/aromatic N) is 2. The van der Waals surface area contributed by atoms with Gasteiger partial charge in [-0.15, -0.1) is 12.6 Å². The Kier molecular flexibility index (Phi) is 3.71. The molecule has 1 aromatic heterocycles. The predicted octanol–water partition coefficient (Wildman–Crippen LogP) is 2.49. The molecule has 0 aliphatic heterocycles. The maximum absolute atomic E-state index is 11.4.